The largest absolute Gasteiger partial charge is 0.483 e. The number of esters is 1. The Hall–Kier alpha value is -3.18. The van der Waals surface area contributed by atoms with Gasteiger partial charge in [0.15, 0.2) is 18.6 Å². The normalized spacial score (nSPS) is 31.9. The topological polar surface area (TPSA) is 340 Å². The third-order valence-electron chi connectivity index (χ3n) is 6.75. The lowest BCUT2D eigenvalue weighted by atomic mass is 10.00. The number of ether oxygens (including phenoxy) is 3. The van der Waals surface area contributed by atoms with E-state index in [1.54, 1.807) is 0 Å². The molecule has 0 spiro atoms. The fourth-order valence-corrected chi connectivity index (χ4v) is 6.65. The quantitative estimate of drug-likeness (QED) is 0.0770. The zero-order valence-electron chi connectivity index (χ0n) is 23.4. The van der Waals surface area contributed by atoms with Crippen molar-refractivity contribution >= 4 is 27.6 Å². The molecule has 47 heavy (non-hydrogen) atoms. The molecule has 11 atom stereocenters. The summed E-state index contributed by atoms with van der Waals surface area (Å²) in [5.41, 5.74) is -2.91. The minimum atomic E-state index is -5.73. The van der Waals surface area contributed by atoms with Gasteiger partial charge in [-0.2, -0.15) is 4.31 Å². The number of aromatic amines is 1. The number of aromatic nitrogens is 2. The van der Waals surface area contributed by atoms with Gasteiger partial charge in [0.25, 0.3) is 5.56 Å². The third kappa shape index (κ3) is 8.46. The van der Waals surface area contributed by atoms with Crippen molar-refractivity contribution in [2.24, 2.45) is 0 Å². The minimum Gasteiger partial charge on any atom is -0.478 e. The molecule has 0 aliphatic carbocycles. The third-order valence-corrected chi connectivity index (χ3v) is 9.35. The predicted octanol–water partition coefficient (Wildman–Crippen LogP) is -3.23. The lowest BCUT2D eigenvalue weighted by molar-refractivity contribution is -0.280. The number of H-pyrrole nitrogens is 1. The van der Waals surface area contributed by atoms with Gasteiger partial charge >= 0.3 is 33.3 Å². The van der Waals surface area contributed by atoms with Gasteiger partial charge < -0.3 is 54.6 Å². The van der Waals surface area contributed by atoms with Gasteiger partial charge in [0, 0.05) is 12.3 Å². The number of hydrogen-bond donors (Lipinski definition) is 9. The highest BCUT2D eigenvalue weighted by Crippen LogP contribution is 2.61. The molecule has 24 heteroatoms. The van der Waals surface area contributed by atoms with Crippen LogP contribution in [0.1, 0.15) is 26.9 Å². The fourth-order valence-electron chi connectivity index (χ4n) is 4.50. The van der Waals surface area contributed by atoms with Gasteiger partial charge in [0.2, 0.25) is 0 Å². The molecule has 2 unspecified atom stereocenters. The van der Waals surface area contributed by atoms with Crippen molar-refractivity contribution in [1.82, 2.24) is 9.55 Å². The van der Waals surface area contributed by atoms with Crippen LogP contribution in [0, 0.1) is 0 Å². The zero-order valence-corrected chi connectivity index (χ0v) is 25.2. The molecule has 0 saturated carbocycles. The first kappa shape index (κ1) is 36.7. The molecule has 0 bridgehead atoms. The first-order valence-corrected chi connectivity index (χ1v) is 16.1. The van der Waals surface area contributed by atoms with E-state index >= 15 is 0 Å². The number of phosphoric acid groups is 2. The second kappa shape index (κ2) is 14.5. The Morgan fingerprint density at radius 3 is 2.17 bits per heavy atom. The number of aliphatic hydroxyl groups is 5. The highest BCUT2D eigenvalue weighted by Gasteiger charge is 2.51. The molecule has 1 aromatic heterocycles. The summed E-state index contributed by atoms with van der Waals surface area (Å²) in [6.45, 7) is -2.12. The Balaban J connectivity index is 1.50. The monoisotopic (exact) mass is 714 g/mol. The molecule has 4 rings (SSSR count). The Morgan fingerprint density at radius 1 is 0.894 bits per heavy atom. The maximum Gasteiger partial charge on any atom is 0.483 e. The number of benzene rings is 1. The van der Waals surface area contributed by atoms with Crippen LogP contribution >= 0.6 is 15.6 Å². The van der Waals surface area contributed by atoms with E-state index in [-0.39, 0.29) is 0 Å². The van der Waals surface area contributed by atoms with Crippen molar-refractivity contribution in [2.45, 2.75) is 55.2 Å². The summed E-state index contributed by atoms with van der Waals surface area (Å²) in [6.07, 6.45) is -16.5. The first-order chi connectivity index (χ1) is 21.9. The molecular formula is C23H28N2O20P2. The van der Waals surface area contributed by atoms with Crippen LogP contribution in [0.15, 0.2) is 46.1 Å². The van der Waals surface area contributed by atoms with Crippen LogP contribution in [0.5, 0.6) is 0 Å². The number of carboxylic acids is 1. The predicted molar refractivity (Wildman–Crippen MR) is 145 cm³/mol. The Kier molecular flexibility index (Phi) is 11.3. The fraction of sp³-hybridized carbons (Fsp3) is 0.478. The molecule has 2 aliphatic heterocycles. The maximum atomic E-state index is 13.0. The molecule has 0 amide bonds. The molecule has 1 aromatic carbocycles. The summed E-state index contributed by atoms with van der Waals surface area (Å²) in [7, 11) is -11.4. The van der Waals surface area contributed by atoms with Crippen LogP contribution in [0.2, 0.25) is 0 Å². The summed E-state index contributed by atoms with van der Waals surface area (Å²) in [6, 6.07) is 5.67. The van der Waals surface area contributed by atoms with E-state index in [1.807, 2.05) is 4.98 Å². The van der Waals surface area contributed by atoms with E-state index < -0.39 is 118 Å². The smallest absolute Gasteiger partial charge is 0.478 e. The summed E-state index contributed by atoms with van der Waals surface area (Å²) >= 11 is 0. The minimum absolute atomic E-state index is 0.467. The molecule has 3 heterocycles. The molecule has 2 aliphatic rings. The molecule has 9 N–H and O–H groups in total. The number of carbonyl (C=O) groups excluding carboxylic acids is 1. The summed E-state index contributed by atoms with van der Waals surface area (Å²) < 4.78 is 54.5. The standard InChI is InChI=1S/C23H28N2O20P2/c26-7-11-14(28)16(30)17(31)22(42-11)44-47(38,39)45-46(36,37)40-8-12-15(29)18(19(41-12)25-6-5-13(27)24-23(25)35)43-21(34)10-4-2-1-3-9(10)20(32)33/h1-6,11-12,14-19,22,26,28-31H,7-8H2,(H,32,33)(H,36,37)(H,38,39)(H,24,27,35)/t11-,12-,14-,15-,16+,17-,18-,19-,22-/m1/s1. The highest BCUT2D eigenvalue weighted by molar-refractivity contribution is 7.61. The van der Waals surface area contributed by atoms with E-state index in [4.69, 9.17) is 14.2 Å². The molecule has 2 fully saturated rings. The average molecular weight is 714 g/mol. The SMILES string of the molecule is O=C(O)c1ccccc1C(=O)O[C@@H]1[C@H](O)[C@@H](COP(=O)(O)OP(=O)(O)O[C@H]2O[C@H](CO)[C@@H](O)[C@H](O)[C@H]2O)O[C@H]1n1ccc(=O)[nH]c1=O. The summed E-state index contributed by atoms with van der Waals surface area (Å²) in [5.74, 6) is -2.81. The van der Waals surface area contributed by atoms with Crippen LogP contribution in [0.25, 0.3) is 0 Å². The second-order valence-electron chi connectivity index (χ2n) is 9.91. The number of aliphatic hydroxyl groups excluding tert-OH is 5. The lowest BCUT2D eigenvalue weighted by Crippen LogP contribution is -2.58. The zero-order chi connectivity index (χ0) is 34.8. The van der Waals surface area contributed by atoms with Crippen molar-refractivity contribution in [2.75, 3.05) is 13.2 Å². The average Bonchev–Trinajstić information content (AvgIpc) is 3.29. The van der Waals surface area contributed by atoms with Gasteiger partial charge in [0.05, 0.1) is 24.3 Å². The van der Waals surface area contributed by atoms with Gasteiger partial charge in [0.1, 0.15) is 36.6 Å². The molecule has 22 nitrogen and oxygen atoms in total. The van der Waals surface area contributed by atoms with Crippen LogP contribution < -0.4 is 11.2 Å². The van der Waals surface area contributed by atoms with Gasteiger partial charge in [-0.25, -0.2) is 23.5 Å². The summed E-state index contributed by atoms with van der Waals surface area (Å²) in [4.78, 5) is 70.5. The maximum absolute atomic E-state index is 13.0. The number of nitrogens with zero attached hydrogens (tertiary/aromatic N) is 1. The Labute approximate surface area is 261 Å². The van der Waals surface area contributed by atoms with Crippen molar-refractivity contribution in [1.29, 1.82) is 0 Å². The number of aromatic carboxylic acids is 1. The first-order valence-electron chi connectivity index (χ1n) is 13.1. The van der Waals surface area contributed by atoms with Gasteiger partial charge in [-0.05, 0) is 12.1 Å². The Bertz CT molecular complexity index is 1680. The molecule has 2 aromatic rings. The van der Waals surface area contributed by atoms with Crippen molar-refractivity contribution < 1.29 is 86.7 Å². The van der Waals surface area contributed by atoms with Gasteiger partial charge in [-0.15, -0.1) is 0 Å². The number of carbonyl (C=O) groups is 2. The second-order valence-corrected chi connectivity index (χ2v) is 12.9. The van der Waals surface area contributed by atoms with E-state index in [0.29, 0.717) is 4.57 Å². The van der Waals surface area contributed by atoms with Crippen LogP contribution in [0.3, 0.4) is 0 Å². The lowest BCUT2D eigenvalue weighted by Gasteiger charge is -2.39. The summed E-state index contributed by atoms with van der Waals surface area (Å²) in [5, 5.41) is 59.1. The van der Waals surface area contributed by atoms with Crippen molar-refractivity contribution in [3.63, 3.8) is 0 Å². The number of rotatable bonds is 12. The van der Waals surface area contributed by atoms with E-state index in [1.165, 1.54) is 12.1 Å². The van der Waals surface area contributed by atoms with Crippen LogP contribution in [-0.2, 0) is 36.7 Å². The van der Waals surface area contributed by atoms with Gasteiger partial charge in [-0.3, -0.25) is 23.4 Å². The van der Waals surface area contributed by atoms with Crippen LogP contribution in [-0.4, -0.2) is 124 Å². The van der Waals surface area contributed by atoms with E-state index in [2.05, 4.69) is 13.4 Å². The highest BCUT2D eigenvalue weighted by atomic mass is 31.3. The number of hydrogen-bond acceptors (Lipinski definition) is 17. The number of phosphoric ester groups is 2. The van der Waals surface area contributed by atoms with E-state index in [9.17, 15) is 68.7 Å². The van der Waals surface area contributed by atoms with Crippen LogP contribution in [0.4, 0.5) is 0 Å². The Morgan fingerprint density at radius 2 is 1.55 bits per heavy atom. The number of carboxylic acid groups (broad SMARTS) is 1. The molecule has 260 valence electrons. The van der Waals surface area contributed by atoms with Gasteiger partial charge in [-0.1, -0.05) is 12.1 Å². The van der Waals surface area contributed by atoms with Crippen molar-refractivity contribution in [3.8, 4) is 0 Å². The molecule has 2 saturated heterocycles. The van der Waals surface area contributed by atoms with E-state index in [0.717, 1.165) is 24.4 Å². The van der Waals surface area contributed by atoms with Crippen molar-refractivity contribution in [3.05, 3.63) is 68.5 Å². The number of nitrogens with one attached hydrogen (secondary N) is 1. The molecular weight excluding hydrogens is 686 g/mol. The molecule has 0 radical (unpaired) electrons.